The third kappa shape index (κ3) is 1.60. The molecule has 4 heteroatoms. The van der Waals surface area contributed by atoms with Crippen molar-refractivity contribution in [2.45, 2.75) is 25.0 Å². The van der Waals surface area contributed by atoms with Crippen LogP contribution in [-0.4, -0.2) is 23.4 Å². The highest BCUT2D eigenvalue weighted by atomic mass is 16.2. The van der Waals surface area contributed by atoms with Crippen LogP contribution >= 0.6 is 0 Å². The molecule has 2 heterocycles. The Labute approximate surface area is 99.8 Å². The van der Waals surface area contributed by atoms with Crippen molar-refractivity contribution in [1.29, 1.82) is 5.26 Å². The van der Waals surface area contributed by atoms with Crippen LogP contribution in [0.4, 0.5) is 0 Å². The van der Waals surface area contributed by atoms with Gasteiger partial charge < -0.3 is 5.32 Å². The lowest BCUT2D eigenvalue weighted by Gasteiger charge is -2.21. The van der Waals surface area contributed by atoms with Crippen molar-refractivity contribution in [1.82, 2.24) is 10.2 Å². The highest BCUT2D eigenvalue weighted by Gasteiger charge is 2.42. The number of carbonyl (C=O) groups excluding carboxylic acids is 1. The number of hydrogen-bond acceptors (Lipinski definition) is 3. The minimum atomic E-state index is -0.0113. The average Bonchev–Trinajstić information content (AvgIpc) is 2.94. The number of fused-ring (bicyclic) bond motifs is 1. The fourth-order valence-electron chi connectivity index (χ4n) is 2.71. The Bertz CT molecular complexity index is 488. The van der Waals surface area contributed by atoms with E-state index in [0.29, 0.717) is 5.56 Å². The van der Waals surface area contributed by atoms with E-state index >= 15 is 0 Å². The topological polar surface area (TPSA) is 56.1 Å². The molecule has 0 radical (unpaired) electrons. The molecule has 3 rings (SSSR count). The molecule has 86 valence electrons. The fourth-order valence-corrected chi connectivity index (χ4v) is 2.71. The molecule has 0 aromatic heterocycles. The first-order valence-corrected chi connectivity index (χ1v) is 5.86. The van der Waals surface area contributed by atoms with Gasteiger partial charge in [-0.3, -0.25) is 9.69 Å². The number of carbonyl (C=O) groups is 1. The van der Waals surface area contributed by atoms with E-state index in [0.717, 1.165) is 24.9 Å². The van der Waals surface area contributed by atoms with Crippen molar-refractivity contribution < 1.29 is 4.79 Å². The van der Waals surface area contributed by atoms with E-state index in [9.17, 15) is 4.79 Å². The summed E-state index contributed by atoms with van der Waals surface area (Å²) in [6, 6.07) is 9.59. The van der Waals surface area contributed by atoms with E-state index in [-0.39, 0.29) is 18.1 Å². The Morgan fingerprint density at radius 3 is 2.82 bits per heavy atom. The van der Waals surface area contributed by atoms with Gasteiger partial charge in [0.05, 0.1) is 17.7 Å². The number of benzene rings is 1. The number of rotatable bonds is 1. The Morgan fingerprint density at radius 1 is 1.35 bits per heavy atom. The van der Waals surface area contributed by atoms with Gasteiger partial charge in [0, 0.05) is 6.54 Å². The molecule has 4 nitrogen and oxygen atoms in total. The summed E-state index contributed by atoms with van der Waals surface area (Å²) in [6.07, 6.45) is 2.03. The van der Waals surface area contributed by atoms with Crippen molar-refractivity contribution in [3.63, 3.8) is 0 Å². The van der Waals surface area contributed by atoms with E-state index < -0.39 is 0 Å². The summed E-state index contributed by atoms with van der Waals surface area (Å²) < 4.78 is 0. The van der Waals surface area contributed by atoms with Crippen LogP contribution < -0.4 is 5.32 Å². The summed E-state index contributed by atoms with van der Waals surface area (Å²) >= 11 is 0. The Kier molecular flexibility index (Phi) is 2.34. The van der Waals surface area contributed by atoms with Crippen molar-refractivity contribution in [3.05, 3.63) is 35.4 Å². The fraction of sp³-hybridized carbons (Fsp3) is 0.385. The zero-order valence-corrected chi connectivity index (χ0v) is 9.39. The van der Waals surface area contributed by atoms with Gasteiger partial charge >= 0.3 is 0 Å². The third-order valence-corrected chi connectivity index (χ3v) is 3.56. The highest BCUT2D eigenvalue weighted by molar-refractivity contribution is 5.84. The molecule has 0 aliphatic carbocycles. The molecule has 2 aliphatic heterocycles. The number of nitriles is 1. The molecule has 2 unspecified atom stereocenters. The van der Waals surface area contributed by atoms with Crippen LogP contribution in [0.2, 0.25) is 0 Å². The quantitative estimate of drug-likeness (QED) is 0.783. The molecular weight excluding hydrogens is 214 g/mol. The first kappa shape index (κ1) is 10.3. The predicted octanol–water partition coefficient (Wildman–Crippen LogP) is 1.15. The summed E-state index contributed by atoms with van der Waals surface area (Å²) in [5.74, 6) is 0.136. The van der Waals surface area contributed by atoms with E-state index in [1.165, 1.54) is 0 Å². The maximum absolute atomic E-state index is 11.8. The summed E-state index contributed by atoms with van der Waals surface area (Å²) in [4.78, 5) is 14.0. The Hall–Kier alpha value is -1.86. The molecule has 17 heavy (non-hydrogen) atoms. The lowest BCUT2D eigenvalue weighted by Crippen LogP contribution is -2.28. The van der Waals surface area contributed by atoms with Crippen molar-refractivity contribution in [3.8, 4) is 6.07 Å². The first-order valence-electron chi connectivity index (χ1n) is 5.86. The minimum absolute atomic E-state index is 0.0113. The van der Waals surface area contributed by atoms with Crippen LogP contribution in [0.15, 0.2) is 24.3 Å². The summed E-state index contributed by atoms with van der Waals surface area (Å²) in [7, 11) is 0. The SMILES string of the molecule is N#Cc1ccc(C2NC(=O)C3CCCN32)cc1. The van der Waals surface area contributed by atoms with E-state index in [4.69, 9.17) is 5.26 Å². The molecule has 1 amide bonds. The van der Waals surface area contributed by atoms with Crippen LogP contribution in [0.25, 0.3) is 0 Å². The zero-order chi connectivity index (χ0) is 11.8. The lowest BCUT2D eigenvalue weighted by atomic mass is 10.1. The average molecular weight is 227 g/mol. The van der Waals surface area contributed by atoms with Crippen molar-refractivity contribution >= 4 is 5.91 Å². The maximum atomic E-state index is 11.8. The van der Waals surface area contributed by atoms with Crippen LogP contribution in [0.5, 0.6) is 0 Å². The summed E-state index contributed by atoms with van der Waals surface area (Å²) in [6.45, 7) is 0.966. The molecule has 2 aliphatic rings. The van der Waals surface area contributed by atoms with Gasteiger partial charge in [0.1, 0.15) is 6.17 Å². The van der Waals surface area contributed by atoms with Crippen LogP contribution in [0.3, 0.4) is 0 Å². The molecule has 0 bridgehead atoms. The number of amides is 1. The minimum Gasteiger partial charge on any atom is -0.335 e. The molecule has 1 aromatic carbocycles. The molecule has 0 spiro atoms. The largest absolute Gasteiger partial charge is 0.335 e. The molecular formula is C13H13N3O. The molecule has 1 aromatic rings. The molecule has 0 saturated carbocycles. The van der Waals surface area contributed by atoms with Crippen molar-refractivity contribution in [2.75, 3.05) is 6.54 Å². The Morgan fingerprint density at radius 2 is 2.12 bits per heavy atom. The lowest BCUT2D eigenvalue weighted by molar-refractivity contribution is -0.121. The van der Waals surface area contributed by atoms with Gasteiger partial charge in [0.2, 0.25) is 5.91 Å². The smallest absolute Gasteiger partial charge is 0.238 e. The van der Waals surface area contributed by atoms with Crippen LogP contribution in [0, 0.1) is 11.3 Å². The monoisotopic (exact) mass is 227 g/mol. The zero-order valence-electron chi connectivity index (χ0n) is 9.39. The van der Waals surface area contributed by atoms with Crippen LogP contribution in [-0.2, 0) is 4.79 Å². The Balaban J connectivity index is 1.89. The van der Waals surface area contributed by atoms with Gasteiger partial charge in [-0.1, -0.05) is 12.1 Å². The van der Waals surface area contributed by atoms with Gasteiger partial charge in [-0.2, -0.15) is 5.26 Å². The predicted molar refractivity (Wildman–Crippen MR) is 61.8 cm³/mol. The van der Waals surface area contributed by atoms with Gasteiger partial charge in [-0.15, -0.1) is 0 Å². The summed E-state index contributed by atoms with van der Waals surface area (Å²) in [5.41, 5.74) is 1.71. The molecule has 2 atom stereocenters. The van der Waals surface area contributed by atoms with E-state index in [1.807, 2.05) is 12.1 Å². The number of nitrogens with one attached hydrogen (secondary N) is 1. The summed E-state index contributed by atoms with van der Waals surface area (Å²) in [5, 5.41) is 11.8. The first-order chi connectivity index (χ1) is 8.29. The normalized spacial score (nSPS) is 27.6. The van der Waals surface area contributed by atoms with E-state index in [2.05, 4.69) is 16.3 Å². The second-order valence-electron chi connectivity index (χ2n) is 4.54. The third-order valence-electron chi connectivity index (χ3n) is 3.56. The molecule has 2 fully saturated rings. The second-order valence-corrected chi connectivity index (χ2v) is 4.54. The number of hydrogen-bond donors (Lipinski definition) is 1. The maximum Gasteiger partial charge on any atom is 0.238 e. The second kappa shape index (κ2) is 3.86. The highest BCUT2D eigenvalue weighted by Crippen LogP contribution is 2.32. The van der Waals surface area contributed by atoms with E-state index in [1.54, 1.807) is 12.1 Å². The number of nitrogens with zero attached hydrogens (tertiary/aromatic N) is 2. The van der Waals surface area contributed by atoms with Gasteiger partial charge in [-0.05, 0) is 30.5 Å². The van der Waals surface area contributed by atoms with Gasteiger partial charge in [-0.25, -0.2) is 0 Å². The van der Waals surface area contributed by atoms with Crippen molar-refractivity contribution in [2.24, 2.45) is 0 Å². The van der Waals surface area contributed by atoms with Crippen LogP contribution in [0.1, 0.15) is 30.1 Å². The standard InChI is InChI=1S/C13H13N3O/c14-8-9-3-5-10(6-4-9)12-15-13(17)11-2-1-7-16(11)12/h3-6,11-12H,1-2,7H2,(H,15,17). The van der Waals surface area contributed by atoms with Gasteiger partial charge in [0.15, 0.2) is 0 Å². The molecule has 2 saturated heterocycles. The molecule has 1 N–H and O–H groups in total. The van der Waals surface area contributed by atoms with Gasteiger partial charge in [0.25, 0.3) is 0 Å².